The highest BCUT2D eigenvalue weighted by molar-refractivity contribution is 7.48. The fraction of sp³-hybridized carbons (Fsp3) is 0.269. The molecule has 0 aliphatic carbocycles. The smallest absolute Gasteiger partial charge is 0.475 e. The first-order valence-corrected chi connectivity index (χ1v) is 12.9. The van der Waals surface area contributed by atoms with Crippen LogP contribution in [0.2, 0.25) is 0 Å². The van der Waals surface area contributed by atoms with Crippen LogP contribution in [-0.4, -0.2) is 38.7 Å². The molecule has 11 heteroatoms. The first kappa shape index (κ1) is 26.5. The van der Waals surface area contributed by atoms with Crippen molar-refractivity contribution < 1.29 is 32.6 Å². The van der Waals surface area contributed by atoms with Crippen molar-refractivity contribution >= 4 is 19.4 Å². The molecule has 0 fully saturated rings. The maximum absolute atomic E-state index is 14.5. The van der Waals surface area contributed by atoms with Crippen molar-refractivity contribution in [3.63, 3.8) is 0 Å². The highest BCUT2D eigenvalue weighted by Crippen LogP contribution is 2.61. The van der Waals surface area contributed by atoms with Crippen LogP contribution in [0.3, 0.4) is 0 Å². The van der Waals surface area contributed by atoms with Gasteiger partial charge in [0.25, 0.3) is 5.91 Å². The molecule has 0 unspecified atom stereocenters. The highest BCUT2D eigenvalue weighted by Gasteiger charge is 2.62. The lowest BCUT2D eigenvalue weighted by Crippen LogP contribution is -2.48. The van der Waals surface area contributed by atoms with Gasteiger partial charge in [0.1, 0.15) is 5.75 Å². The summed E-state index contributed by atoms with van der Waals surface area (Å²) in [7, 11) is -0.645. The zero-order chi connectivity index (χ0) is 26.6. The number of fused-ring (bicyclic) bond motifs is 1. The van der Waals surface area contributed by atoms with Gasteiger partial charge < -0.3 is 9.64 Å². The Morgan fingerprint density at radius 2 is 1.59 bits per heavy atom. The number of nitro groups is 1. The maximum atomic E-state index is 14.5. The number of hydrogen-bond acceptors (Lipinski definition) is 8. The van der Waals surface area contributed by atoms with Gasteiger partial charge in [-0.1, -0.05) is 60.7 Å². The molecule has 0 radical (unpaired) electrons. The third-order valence-electron chi connectivity index (χ3n) is 6.37. The average Bonchev–Trinajstić information content (AvgIpc) is 3.15. The number of amides is 1. The van der Waals surface area contributed by atoms with Crippen molar-refractivity contribution in [1.29, 1.82) is 0 Å². The molecule has 10 nitrogen and oxygen atoms in total. The molecular formula is C26H27N2O8P. The molecule has 1 amide bonds. The van der Waals surface area contributed by atoms with Gasteiger partial charge in [0.2, 0.25) is 6.54 Å². The van der Waals surface area contributed by atoms with Gasteiger partial charge in [0.15, 0.2) is 5.60 Å². The van der Waals surface area contributed by atoms with E-state index in [1.54, 1.807) is 48.5 Å². The second kappa shape index (κ2) is 10.8. The molecule has 3 aromatic rings. The van der Waals surface area contributed by atoms with Crippen molar-refractivity contribution in [1.82, 2.24) is 0 Å². The molecule has 0 saturated heterocycles. The van der Waals surface area contributed by atoms with Crippen LogP contribution in [0.25, 0.3) is 0 Å². The molecular weight excluding hydrogens is 499 g/mol. The van der Waals surface area contributed by atoms with E-state index in [4.69, 9.17) is 18.3 Å². The van der Waals surface area contributed by atoms with Crippen LogP contribution in [0.4, 0.5) is 5.69 Å². The van der Waals surface area contributed by atoms with Crippen LogP contribution in [0.1, 0.15) is 22.6 Å². The highest BCUT2D eigenvalue weighted by atomic mass is 31.2. The largest absolute Gasteiger partial charge is 0.497 e. The van der Waals surface area contributed by atoms with Gasteiger partial charge in [-0.2, -0.15) is 0 Å². The lowest BCUT2D eigenvalue weighted by molar-refractivity contribution is -0.486. The zero-order valence-electron chi connectivity index (χ0n) is 20.6. The number of hydrogen-bond donors (Lipinski definition) is 0. The molecule has 1 aliphatic heterocycles. The Labute approximate surface area is 214 Å². The second-order valence-corrected chi connectivity index (χ2v) is 10.2. The summed E-state index contributed by atoms with van der Waals surface area (Å²) in [4.78, 5) is 27.4. The number of carbonyl (C=O) groups excluding carboxylic acids is 1. The van der Waals surface area contributed by atoms with E-state index in [0.29, 0.717) is 17.0 Å². The number of rotatable bonds is 11. The molecule has 0 spiro atoms. The summed E-state index contributed by atoms with van der Waals surface area (Å²) in [6.45, 7) is -0.548. The Bertz CT molecular complexity index is 1310. The van der Waals surface area contributed by atoms with Gasteiger partial charge in [-0.05, 0) is 29.3 Å². The Morgan fingerprint density at radius 3 is 2.16 bits per heavy atom. The van der Waals surface area contributed by atoms with Crippen LogP contribution in [0, 0.1) is 10.1 Å². The topological polar surface area (TPSA) is 117 Å². The molecule has 194 valence electrons. The number of ether oxygens (including phenoxy) is 1. The molecule has 1 aliphatic rings. The number of carbonyl (C=O) groups is 1. The molecule has 0 bridgehead atoms. The van der Waals surface area contributed by atoms with Crippen molar-refractivity contribution in [2.45, 2.75) is 18.1 Å². The Morgan fingerprint density at radius 1 is 0.973 bits per heavy atom. The number of phosphoric ester groups is 1. The van der Waals surface area contributed by atoms with Gasteiger partial charge >= 0.3 is 7.82 Å². The molecule has 1 heterocycles. The Balaban J connectivity index is 2.02. The van der Waals surface area contributed by atoms with Crippen LogP contribution < -0.4 is 9.64 Å². The van der Waals surface area contributed by atoms with Crippen molar-refractivity contribution in [2.24, 2.45) is 0 Å². The van der Waals surface area contributed by atoms with E-state index in [-0.39, 0.29) is 12.1 Å². The van der Waals surface area contributed by atoms with Gasteiger partial charge in [-0.3, -0.25) is 28.5 Å². The van der Waals surface area contributed by atoms with E-state index in [2.05, 4.69) is 0 Å². The zero-order valence-corrected chi connectivity index (χ0v) is 21.5. The average molecular weight is 526 g/mol. The van der Waals surface area contributed by atoms with Crippen LogP contribution in [-0.2, 0) is 35.1 Å². The fourth-order valence-corrected chi connectivity index (χ4v) is 5.59. The van der Waals surface area contributed by atoms with Crippen molar-refractivity contribution in [2.75, 3.05) is 32.8 Å². The van der Waals surface area contributed by atoms with E-state index in [9.17, 15) is 19.5 Å². The summed E-state index contributed by atoms with van der Waals surface area (Å²) in [5.74, 6) is -1.44. The summed E-state index contributed by atoms with van der Waals surface area (Å²) >= 11 is 0. The van der Waals surface area contributed by atoms with Gasteiger partial charge in [-0.25, -0.2) is 4.57 Å². The van der Waals surface area contributed by atoms with Crippen LogP contribution in [0.15, 0.2) is 78.9 Å². The van der Waals surface area contributed by atoms with E-state index in [1.807, 2.05) is 30.3 Å². The first-order chi connectivity index (χ1) is 17.8. The van der Waals surface area contributed by atoms with E-state index >= 15 is 0 Å². The molecule has 0 saturated carbocycles. The van der Waals surface area contributed by atoms with E-state index in [0.717, 1.165) is 19.8 Å². The predicted molar refractivity (Wildman–Crippen MR) is 136 cm³/mol. The summed E-state index contributed by atoms with van der Waals surface area (Å²) in [5.41, 5.74) is -0.160. The minimum absolute atomic E-state index is 0.147. The minimum Gasteiger partial charge on any atom is -0.497 e. The summed E-state index contributed by atoms with van der Waals surface area (Å²) < 4.78 is 35.1. The summed E-state index contributed by atoms with van der Waals surface area (Å²) in [6.07, 6.45) is 0. The number of anilines is 1. The SMILES string of the molecule is COc1ccc2c(c1)[C@](OP(=O)(OC)OC)([C@@H](C[N+](=O)[O-])c1ccccc1)C(=O)N2Cc1ccccc1. The number of methoxy groups -OCH3 is 1. The van der Waals surface area contributed by atoms with E-state index in [1.165, 1.54) is 12.0 Å². The number of phosphoric acid groups is 1. The molecule has 4 rings (SSSR count). The molecule has 2 atom stereocenters. The third-order valence-corrected chi connectivity index (χ3v) is 7.77. The monoisotopic (exact) mass is 526 g/mol. The normalized spacial score (nSPS) is 17.9. The molecule has 37 heavy (non-hydrogen) atoms. The molecule has 0 aromatic heterocycles. The van der Waals surface area contributed by atoms with Gasteiger partial charge in [-0.15, -0.1) is 0 Å². The quantitative estimate of drug-likeness (QED) is 0.196. The standard InChI is InChI=1S/C26H27N2O8P/c1-33-21-14-15-24-22(16-21)26(36-37(32,34-2)35-3,23(18-28(30)31)20-12-8-5-9-13-20)25(29)27(24)17-19-10-6-4-7-11-19/h4-16,23H,17-18H2,1-3H3/t23-,26-/m0/s1. The Kier molecular flexibility index (Phi) is 7.75. The summed E-state index contributed by atoms with van der Waals surface area (Å²) in [6, 6.07) is 22.7. The molecule has 0 N–H and O–H groups in total. The number of benzene rings is 3. The molecule has 3 aromatic carbocycles. The lowest BCUT2D eigenvalue weighted by atomic mass is 9.78. The second-order valence-electron chi connectivity index (χ2n) is 8.38. The van der Waals surface area contributed by atoms with Crippen LogP contribution >= 0.6 is 7.82 Å². The third kappa shape index (κ3) is 5.01. The summed E-state index contributed by atoms with van der Waals surface area (Å²) in [5, 5.41) is 12.0. The lowest BCUT2D eigenvalue weighted by Gasteiger charge is -2.36. The maximum Gasteiger partial charge on any atom is 0.475 e. The van der Waals surface area contributed by atoms with Crippen molar-refractivity contribution in [3.8, 4) is 5.75 Å². The number of nitrogens with zero attached hydrogens (tertiary/aromatic N) is 2. The first-order valence-electron chi connectivity index (χ1n) is 11.4. The predicted octanol–water partition coefficient (Wildman–Crippen LogP) is 4.92. The minimum atomic E-state index is -4.35. The van der Waals surface area contributed by atoms with E-state index < -0.39 is 36.7 Å². The van der Waals surface area contributed by atoms with Gasteiger partial charge in [0.05, 0.1) is 25.3 Å². The Hall–Kier alpha value is -3.56. The van der Waals surface area contributed by atoms with Gasteiger partial charge in [0, 0.05) is 24.7 Å². The fourth-order valence-electron chi connectivity index (χ4n) is 4.64. The van der Waals surface area contributed by atoms with Crippen LogP contribution in [0.5, 0.6) is 5.75 Å². The van der Waals surface area contributed by atoms with Crippen molar-refractivity contribution in [3.05, 3.63) is 106 Å².